The number of hydrogen-bond acceptors (Lipinski definition) is 5. The molecule has 2 N–H and O–H groups in total. The van der Waals surface area contributed by atoms with E-state index < -0.39 is 16.1 Å². The first kappa shape index (κ1) is 22.1. The Balaban J connectivity index is 2.80. The van der Waals surface area contributed by atoms with Gasteiger partial charge in [0.25, 0.3) is 0 Å². The highest BCUT2D eigenvalue weighted by molar-refractivity contribution is 7.89. The normalized spacial score (nSPS) is 13.1. The van der Waals surface area contributed by atoms with Crippen molar-refractivity contribution in [2.45, 2.75) is 37.8 Å². The van der Waals surface area contributed by atoms with Crippen molar-refractivity contribution in [1.29, 1.82) is 0 Å². The van der Waals surface area contributed by atoms with Crippen LogP contribution in [0.5, 0.6) is 0 Å². The van der Waals surface area contributed by atoms with Gasteiger partial charge in [-0.05, 0) is 46.0 Å². The van der Waals surface area contributed by atoms with E-state index in [1.807, 2.05) is 13.8 Å². The zero-order chi connectivity index (χ0) is 20.1. The molecule has 9 heteroatoms. The number of benzene rings is 1. The molecular weight excluding hydrogens is 356 g/mol. The lowest BCUT2D eigenvalue weighted by atomic mass is 10.2. The van der Waals surface area contributed by atoms with Crippen LogP contribution in [0.2, 0.25) is 0 Å². The van der Waals surface area contributed by atoms with Gasteiger partial charge in [0.2, 0.25) is 21.8 Å². The van der Waals surface area contributed by atoms with Gasteiger partial charge in [0.05, 0.1) is 17.5 Å². The number of sulfonamides is 1. The fourth-order valence-electron chi connectivity index (χ4n) is 2.12. The van der Waals surface area contributed by atoms with Gasteiger partial charge in [-0.25, -0.2) is 12.7 Å². The molecule has 0 fully saturated rings. The number of carbonyl (C=O) groups excluding carboxylic acids is 2. The summed E-state index contributed by atoms with van der Waals surface area (Å²) in [5.41, 5.74) is 0.379. The van der Waals surface area contributed by atoms with E-state index in [9.17, 15) is 18.0 Å². The number of rotatable bonds is 8. The molecule has 1 atom stereocenters. The second-order valence-corrected chi connectivity index (χ2v) is 8.77. The van der Waals surface area contributed by atoms with Crippen molar-refractivity contribution >= 4 is 27.5 Å². The third-order valence-electron chi connectivity index (χ3n) is 3.76. The molecule has 0 saturated carbocycles. The van der Waals surface area contributed by atoms with Crippen molar-refractivity contribution in [3.8, 4) is 0 Å². The van der Waals surface area contributed by atoms with E-state index in [2.05, 4.69) is 10.6 Å². The van der Waals surface area contributed by atoms with Gasteiger partial charge in [-0.2, -0.15) is 0 Å². The highest BCUT2D eigenvalue weighted by Gasteiger charge is 2.22. The molecule has 2 amide bonds. The minimum absolute atomic E-state index is 0.0291. The maximum atomic E-state index is 12.4. The van der Waals surface area contributed by atoms with Gasteiger partial charge in [0, 0.05) is 25.8 Å². The lowest BCUT2D eigenvalue weighted by Crippen LogP contribution is -2.46. The Hall–Kier alpha value is -1.97. The van der Waals surface area contributed by atoms with Crippen LogP contribution in [0.25, 0.3) is 0 Å². The van der Waals surface area contributed by atoms with Crippen molar-refractivity contribution in [2.24, 2.45) is 0 Å². The number of amides is 2. The van der Waals surface area contributed by atoms with E-state index in [1.54, 1.807) is 31.0 Å². The molecule has 146 valence electrons. The van der Waals surface area contributed by atoms with Gasteiger partial charge in [0.15, 0.2) is 0 Å². The Kier molecular flexibility index (Phi) is 7.73. The second kappa shape index (κ2) is 9.11. The van der Waals surface area contributed by atoms with Gasteiger partial charge < -0.3 is 10.6 Å². The summed E-state index contributed by atoms with van der Waals surface area (Å²) in [5.74, 6) is -0.495. The number of nitrogens with one attached hydrogen (secondary N) is 2. The summed E-state index contributed by atoms with van der Waals surface area (Å²) in [6.07, 6.45) is 0. The Labute approximate surface area is 155 Å². The molecule has 0 saturated heterocycles. The summed E-state index contributed by atoms with van der Waals surface area (Å²) in [6, 6.07) is 5.52. The van der Waals surface area contributed by atoms with Crippen LogP contribution in [-0.4, -0.2) is 69.2 Å². The third kappa shape index (κ3) is 6.08. The van der Waals surface area contributed by atoms with Crippen LogP contribution in [-0.2, 0) is 19.6 Å². The van der Waals surface area contributed by atoms with Gasteiger partial charge >= 0.3 is 0 Å². The van der Waals surface area contributed by atoms with Gasteiger partial charge in [-0.15, -0.1) is 0 Å². The Morgan fingerprint density at radius 1 is 1.12 bits per heavy atom. The number of nitrogens with zero attached hydrogens (tertiary/aromatic N) is 2. The van der Waals surface area contributed by atoms with Gasteiger partial charge in [-0.3, -0.25) is 14.5 Å². The zero-order valence-corrected chi connectivity index (χ0v) is 16.9. The minimum Gasteiger partial charge on any atom is -0.353 e. The van der Waals surface area contributed by atoms with Crippen LogP contribution >= 0.6 is 0 Å². The molecule has 26 heavy (non-hydrogen) atoms. The second-order valence-electron chi connectivity index (χ2n) is 6.62. The first-order valence-electron chi connectivity index (χ1n) is 8.28. The van der Waals surface area contributed by atoms with Crippen LogP contribution in [0.1, 0.15) is 20.8 Å². The van der Waals surface area contributed by atoms with Gasteiger partial charge in [-0.1, -0.05) is 6.07 Å². The van der Waals surface area contributed by atoms with E-state index >= 15 is 0 Å². The minimum atomic E-state index is -3.58. The zero-order valence-electron chi connectivity index (χ0n) is 16.1. The third-order valence-corrected chi connectivity index (χ3v) is 5.57. The van der Waals surface area contributed by atoms with E-state index in [4.69, 9.17) is 0 Å². The van der Waals surface area contributed by atoms with Crippen LogP contribution in [0.3, 0.4) is 0 Å². The highest BCUT2D eigenvalue weighted by atomic mass is 32.2. The van der Waals surface area contributed by atoms with E-state index in [1.165, 1.54) is 26.2 Å². The molecule has 0 unspecified atom stereocenters. The summed E-state index contributed by atoms with van der Waals surface area (Å²) < 4.78 is 25.5. The lowest BCUT2D eigenvalue weighted by Gasteiger charge is -2.24. The molecule has 0 aliphatic rings. The Bertz CT molecular complexity index is 747. The molecule has 0 heterocycles. The van der Waals surface area contributed by atoms with Crippen molar-refractivity contribution in [1.82, 2.24) is 14.5 Å². The number of likely N-dealkylation sites (N-methyl/N-ethyl adjacent to an activating group) is 1. The van der Waals surface area contributed by atoms with Crippen molar-refractivity contribution < 1.29 is 18.0 Å². The standard InChI is InChI=1S/C17H28N4O4S/c1-12(2)18-16(22)11-21(6)13(3)17(23)19-14-8-7-9-15(10-14)26(24,25)20(4)5/h7-10,12-13H,11H2,1-6H3,(H,18,22)(H,19,23)/t13-/m0/s1. The van der Waals surface area contributed by atoms with Crippen molar-refractivity contribution in [2.75, 3.05) is 33.0 Å². The SMILES string of the molecule is CC(C)NC(=O)CN(C)[C@@H](C)C(=O)Nc1cccc(S(=O)(=O)N(C)C)c1. The lowest BCUT2D eigenvalue weighted by molar-refractivity contribution is -0.125. The van der Waals surface area contributed by atoms with Crippen molar-refractivity contribution in [3.63, 3.8) is 0 Å². The number of hydrogen-bond donors (Lipinski definition) is 2. The molecule has 0 aliphatic heterocycles. The molecule has 0 spiro atoms. The van der Waals surface area contributed by atoms with Crippen LogP contribution < -0.4 is 10.6 Å². The molecule has 1 aromatic rings. The predicted molar refractivity (Wildman–Crippen MR) is 101 cm³/mol. The number of carbonyl (C=O) groups is 2. The monoisotopic (exact) mass is 384 g/mol. The average Bonchev–Trinajstić information content (AvgIpc) is 2.53. The fraction of sp³-hybridized carbons (Fsp3) is 0.529. The molecule has 0 aromatic heterocycles. The molecule has 0 radical (unpaired) electrons. The number of anilines is 1. The molecule has 1 aromatic carbocycles. The first-order valence-corrected chi connectivity index (χ1v) is 9.72. The predicted octanol–water partition coefficient (Wildman–Crippen LogP) is 0.720. The quantitative estimate of drug-likeness (QED) is 0.688. The van der Waals surface area contributed by atoms with Crippen LogP contribution in [0.15, 0.2) is 29.2 Å². The molecule has 0 bridgehead atoms. The van der Waals surface area contributed by atoms with E-state index in [0.29, 0.717) is 5.69 Å². The Morgan fingerprint density at radius 3 is 2.27 bits per heavy atom. The molecule has 0 aliphatic carbocycles. The summed E-state index contributed by atoms with van der Waals surface area (Å²) in [4.78, 5) is 25.9. The molecule has 1 rings (SSSR count). The van der Waals surface area contributed by atoms with E-state index in [0.717, 1.165) is 4.31 Å². The molecule has 8 nitrogen and oxygen atoms in total. The maximum Gasteiger partial charge on any atom is 0.242 e. The molecular formula is C17H28N4O4S. The van der Waals surface area contributed by atoms with Crippen LogP contribution in [0.4, 0.5) is 5.69 Å². The smallest absolute Gasteiger partial charge is 0.242 e. The largest absolute Gasteiger partial charge is 0.353 e. The van der Waals surface area contributed by atoms with Gasteiger partial charge in [0.1, 0.15) is 0 Å². The van der Waals surface area contributed by atoms with Crippen LogP contribution in [0, 0.1) is 0 Å². The topological polar surface area (TPSA) is 98.8 Å². The van der Waals surface area contributed by atoms with E-state index in [-0.39, 0.29) is 29.3 Å². The highest BCUT2D eigenvalue weighted by Crippen LogP contribution is 2.18. The first-order chi connectivity index (χ1) is 11.9. The summed E-state index contributed by atoms with van der Waals surface area (Å²) in [7, 11) is 0.986. The summed E-state index contributed by atoms with van der Waals surface area (Å²) in [6.45, 7) is 5.49. The fourth-order valence-corrected chi connectivity index (χ4v) is 3.07. The maximum absolute atomic E-state index is 12.4. The van der Waals surface area contributed by atoms with Crippen molar-refractivity contribution in [3.05, 3.63) is 24.3 Å². The summed E-state index contributed by atoms with van der Waals surface area (Å²) >= 11 is 0. The average molecular weight is 385 g/mol. The Morgan fingerprint density at radius 2 is 1.73 bits per heavy atom. The summed E-state index contributed by atoms with van der Waals surface area (Å²) in [5, 5.41) is 5.46.